The number of nitrogens with zero attached hydrogens (tertiary/aromatic N) is 4. The molecule has 0 aliphatic heterocycles. The van der Waals surface area contributed by atoms with Gasteiger partial charge in [0.25, 0.3) is 0 Å². The summed E-state index contributed by atoms with van der Waals surface area (Å²) in [5.74, 6) is 0.285. The van der Waals surface area contributed by atoms with Crippen LogP contribution in [0.5, 0.6) is 0 Å². The summed E-state index contributed by atoms with van der Waals surface area (Å²) in [7, 11) is 1.56. The average molecular weight is 459 g/mol. The number of halogens is 2. The summed E-state index contributed by atoms with van der Waals surface area (Å²) < 4.78 is 10.7. The van der Waals surface area contributed by atoms with Crippen LogP contribution in [0.4, 0.5) is 16.2 Å². The van der Waals surface area contributed by atoms with Gasteiger partial charge in [-0.1, -0.05) is 23.2 Å². The van der Waals surface area contributed by atoms with Gasteiger partial charge in [-0.15, -0.1) is 0 Å². The lowest BCUT2D eigenvalue weighted by Crippen LogP contribution is -2.21. The van der Waals surface area contributed by atoms with Gasteiger partial charge in [0.1, 0.15) is 17.1 Å². The van der Waals surface area contributed by atoms with E-state index < -0.39 is 6.03 Å². The zero-order valence-electron chi connectivity index (χ0n) is 16.4. The summed E-state index contributed by atoms with van der Waals surface area (Å²) in [6.07, 6.45) is 5.53. The molecule has 4 rings (SSSR count). The number of anilines is 2. The Bertz CT molecular complexity index is 1250. The number of pyridine rings is 3. The molecule has 2 N–H and O–H groups in total. The molecule has 0 bridgehead atoms. The Hall–Kier alpha value is -3.27. The number of hydrogen-bond acceptors (Lipinski definition) is 7. The SMILES string of the molecule is CO[C@@H](C)c1c(NC(=O)Nc2cnc(-c3ncco3)c(Cl)c2)cnc2ccc(Cl)nc12. The maximum Gasteiger partial charge on any atom is 0.323 e. The quantitative estimate of drug-likeness (QED) is 0.387. The molecule has 11 heteroatoms. The van der Waals surface area contributed by atoms with Crippen LogP contribution in [-0.4, -0.2) is 33.1 Å². The van der Waals surface area contributed by atoms with E-state index in [0.29, 0.717) is 38.8 Å². The second-order valence-corrected chi connectivity index (χ2v) is 7.23. The number of urea groups is 1. The third kappa shape index (κ3) is 4.43. The fourth-order valence-electron chi connectivity index (χ4n) is 2.98. The zero-order chi connectivity index (χ0) is 22.0. The minimum absolute atomic E-state index is 0.278. The van der Waals surface area contributed by atoms with E-state index in [0.717, 1.165) is 0 Å². The van der Waals surface area contributed by atoms with Crippen molar-refractivity contribution < 1.29 is 13.9 Å². The molecule has 9 nitrogen and oxygen atoms in total. The molecular weight excluding hydrogens is 443 g/mol. The molecule has 0 aromatic carbocycles. The van der Waals surface area contributed by atoms with E-state index in [9.17, 15) is 4.79 Å². The minimum atomic E-state index is -0.519. The number of carbonyl (C=O) groups is 1. The fourth-order valence-corrected chi connectivity index (χ4v) is 3.37. The third-order valence-electron chi connectivity index (χ3n) is 4.46. The van der Waals surface area contributed by atoms with Gasteiger partial charge in [0, 0.05) is 12.7 Å². The van der Waals surface area contributed by atoms with Gasteiger partial charge >= 0.3 is 6.03 Å². The van der Waals surface area contributed by atoms with Crippen LogP contribution in [0.3, 0.4) is 0 Å². The highest BCUT2D eigenvalue weighted by Gasteiger charge is 2.19. The average Bonchev–Trinajstić information content (AvgIpc) is 3.27. The molecular formula is C20H16Cl2N6O3. The Kier molecular flexibility index (Phi) is 5.99. The van der Waals surface area contributed by atoms with Crippen molar-refractivity contribution in [2.75, 3.05) is 17.7 Å². The highest BCUT2D eigenvalue weighted by molar-refractivity contribution is 6.33. The molecule has 0 spiro atoms. The molecule has 2 amide bonds. The van der Waals surface area contributed by atoms with Crippen molar-refractivity contribution in [3.63, 3.8) is 0 Å². The van der Waals surface area contributed by atoms with Crippen molar-refractivity contribution in [2.24, 2.45) is 0 Å². The van der Waals surface area contributed by atoms with Crippen molar-refractivity contribution in [1.29, 1.82) is 0 Å². The van der Waals surface area contributed by atoms with Gasteiger partial charge in [-0.25, -0.2) is 19.7 Å². The zero-order valence-corrected chi connectivity index (χ0v) is 17.9. The number of aromatic nitrogens is 4. The van der Waals surface area contributed by atoms with Gasteiger partial charge in [-0.3, -0.25) is 4.98 Å². The second-order valence-electron chi connectivity index (χ2n) is 6.44. The van der Waals surface area contributed by atoms with E-state index in [1.54, 1.807) is 31.5 Å². The summed E-state index contributed by atoms with van der Waals surface area (Å²) in [4.78, 5) is 29.5. The molecule has 0 saturated heterocycles. The van der Waals surface area contributed by atoms with Crippen LogP contribution in [0.25, 0.3) is 22.6 Å². The molecule has 4 aromatic heterocycles. The van der Waals surface area contributed by atoms with Crippen molar-refractivity contribution in [2.45, 2.75) is 13.0 Å². The van der Waals surface area contributed by atoms with E-state index in [1.165, 1.54) is 18.7 Å². The van der Waals surface area contributed by atoms with E-state index in [-0.39, 0.29) is 17.0 Å². The monoisotopic (exact) mass is 458 g/mol. The largest absolute Gasteiger partial charge is 0.443 e. The van der Waals surface area contributed by atoms with Crippen LogP contribution in [0, 0.1) is 0 Å². The minimum Gasteiger partial charge on any atom is -0.443 e. The van der Waals surface area contributed by atoms with Gasteiger partial charge in [0.2, 0.25) is 5.89 Å². The molecule has 0 aliphatic rings. The van der Waals surface area contributed by atoms with Crippen molar-refractivity contribution in [3.8, 4) is 11.6 Å². The van der Waals surface area contributed by atoms with Gasteiger partial charge in [0.05, 0.1) is 52.1 Å². The van der Waals surface area contributed by atoms with E-state index in [2.05, 4.69) is 30.6 Å². The number of ether oxygens (including phenoxy) is 1. The Labute approximate surface area is 186 Å². The number of fused-ring (bicyclic) bond motifs is 1. The molecule has 31 heavy (non-hydrogen) atoms. The molecule has 1 atom stereocenters. The van der Waals surface area contributed by atoms with Crippen molar-refractivity contribution >= 4 is 51.6 Å². The maximum absolute atomic E-state index is 12.6. The number of rotatable bonds is 5. The first-order valence-electron chi connectivity index (χ1n) is 9.07. The van der Waals surface area contributed by atoms with E-state index in [1.807, 2.05) is 6.92 Å². The third-order valence-corrected chi connectivity index (χ3v) is 4.96. The van der Waals surface area contributed by atoms with Crippen LogP contribution >= 0.6 is 23.2 Å². The van der Waals surface area contributed by atoms with Crippen molar-refractivity contribution in [3.05, 3.63) is 58.8 Å². The normalized spacial score (nSPS) is 12.0. The Morgan fingerprint density at radius 2 is 2.00 bits per heavy atom. The summed E-state index contributed by atoms with van der Waals surface area (Å²) in [6.45, 7) is 1.84. The first kappa shape index (κ1) is 21.0. The standard InChI is InChI=1S/C20H16Cl2N6O3/c1-10(30-2)16-14(9-24-13-3-4-15(22)28-18(13)16)27-20(29)26-11-7-12(21)17(25-8-11)19-23-5-6-31-19/h3-10H,1-2H3,(H2,26,27,29)/t10-/m0/s1. The first-order chi connectivity index (χ1) is 15.0. The molecule has 4 heterocycles. The molecule has 158 valence electrons. The molecule has 0 fully saturated rings. The predicted octanol–water partition coefficient (Wildman–Crippen LogP) is 5.34. The summed E-state index contributed by atoms with van der Waals surface area (Å²) >= 11 is 12.3. The Morgan fingerprint density at radius 1 is 1.16 bits per heavy atom. The maximum atomic E-state index is 12.6. The van der Waals surface area contributed by atoms with Crippen LogP contribution in [0.15, 0.2) is 47.5 Å². The van der Waals surface area contributed by atoms with Gasteiger partial charge in [-0.05, 0) is 25.1 Å². The molecule has 4 aromatic rings. The van der Waals surface area contributed by atoms with Gasteiger partial charge < -0.3 is 19.8 Å². The van der Waals surface area contributed by atoms with E-state index in [4.69, 9.17) is 32.4 Å². The molecule has 0 aliphatic carbocycles. The highest BCUT2D eigenvalue weighted by Crippen LogP contribution is 2.32. The van der Waals surface area contributed by atoms with Crippen LogP contribution in [-0.2, 0) is 4.74 Å². The van der Waals surface area contributed by atoms with E-state index >= 15 is 0 Å². The Morgan fingerprint density at radius 3 is 2.71 bits per heavy atom. The van der Waals surface area contributed by atoms with Crippen LogP contribution in [0.2, 0.25) is 10.2 Å². The molecule has 0 unspecified atom stereocenters. The van der Waals surface area contributed by atoms with Gasteiger partial charge in [0.15, 0.2) is 0 Å². The second kappa shape index (κ2) is 8.84. The van der Waals surface area contributed by atoms with Crippen LogP contribution < -0.4 is 10.6 Å². The number of nitrogens with one attached hydrogen (secondary N) is 2. The first-order valence-corrected chi connectivity index (χ1v) is 9.83. The topological polar surface area (TPSA) is 115 Å². The predicted molar refractivity (Wildman–Crippen MR) is 117 cm³/mol. The number of amides is 2. The lowest BCUT2D eigenvalue weighted by atomic mass is 10.1. The lowest BCUT2D eigenvalue weighted by Gasteiger charge is -2.18. The van der Waals surface area contributed by atoms with Crippen LogP contribution in [0.1, 0.15) is 18.6 Å². The summed E-state index contributed by atoms with van der Waals surface area (Å²) in [6, 6.07) is 4.43. The summed E-state index contributed by atoms with van der Waals surface area (Å²) in [5, 5.41) is 6.04. The van der Waals surface area contributed by atoms with Gasteiger partial charge in [-0.2, -0.15) is 0 Å². The smallest absolute Gasteiger partial charge is 0.323 e. The highest BCUT2D eigenvalue weighted by atomic mass is 35.5. The number of oxazole rings is 1. The molecule has 0 saturated carbocycles. The summed E-state index contributed by atoms with van der Waals surface area (Å²) in [5.41, 5.74) is 3.02. The lowest BCUT2D eigenvalue weighted by molar-refractivity contribution is 0.121. The number of hydrogen-bond donors (Lipinski definition) is 2. The molecule has 0 radical (unpaired) electrons. The number of carbonyl (C=O) groups excluding carboxylic acids is 1. The van der Waals surface area contributed by atoms with Crippen molar-refractivity contribution in [1.82, 2.24) is 19.9 Å². The number of methoxy groups -OCH3 is 1. The fraction of sp³-hybridized carbons (Fsp3) is 0.150. The Balaban J connectivity index is 1.59.